The minimum atomic E-state index is -1.47. The summed E-state index contributed by atoms with van der Waals surface area (Å²) in [4.78, 5) is 0. The molecule has 1 nitrogen and oxygen atoms in total. The summed E-state index contributed by atoms with van der Waals surface area (Å²) in [5, 5.41) is 0. The lowest BCUT2D eigenvalue weighted by molar-refractivity contribution is 0.155. The van der Waals surface area contributed by atoms with Crippen molar-refractivity contribution in [2.75, 3.05) is 0 Å². The van der Waals surface area contributed by atoms with Crippen LogP contribution in [0.4, 0.5) is 0 Å². The second-order valence-electron chi connectivity index (χ2n) is 5.12. The van der Waals surface area contributed by atoms with E-state index >= 15 is 0 Å². The fourth-order valence-electron chi connectivity index (χ4n) is 2.67. The normalized spacial score (nSPS) is 35.1. The summed E-state index contributed by atoms with van der Waals surface area (Å²) in [6.45, 7) is 8.41. The molecule has 0 spiro atoms. The van der Waals surface area contributed by atoms with E-state index in [1.165, 1.54) is 12.8 Å². The largest absolute Gasteiger partial charge is 0.413 e. The molecule has 1 saturated carbocycles. The van der Waals surface area contributed by atoms with E-state index in [4.69, 9.17) is 4.43 Å². The third-order valence-electron chi connectivity index (χ3n) is 3.37. The van der Waals surface area contributed by atoms with Gasteiger partial charge >= 0.3 is 0 Å². The molecule has 1 unspecified atom stereocenters. The van der Waals surface area contributed by atoms with E-state index in [2.05, 4.69) is 31.8 Å². The first-order valence-corrected chi connectivity index (χ1v) is 8.71. The van der Waals surface area contributed by atoms with E-state index in [0.29, 0.717) is 6.10 Å². The van der Waals surface area contributed by atoms with Gasteiger partial charge in [0.2, 0.25) is 0 Å². The number of allylic oxidation sites excluding steroid dienone is 1. The van der Waals surface area contributed by atoms with Crippen molar-refractivity contribution in [1.82, 2.24) is 0 Å². The van der Waals surface area contributed by atoms with Gasteiger partial charge in [-0.1, -0.05) is 18.2 Å². The lowest BCUT2D eigenvalue weighted by Crippen LogP contribution is -2.37. The summed E-state index contributed by atoms with van der Waals surface area (Å²) < 4.78 is 6.33. The van der Waals surface area contributed by atoms with E-state index in [1.807, 2.05) is 6.08 Å². The molecule has 0 amide bonds. The van der Waals surface area contributed by atoms with Crippen LogP contribution in [0, 0.1) is 11.8 Å². The lowest BCUT2D eigenvalue weighted by Gasteiger charge is -2.29. The van der Waals surface area contributed by atoms with Crippen molar-refractivity contribution in [3.8, 4) is 0 Å². The molecule has 0 heterocycles. The fraction of sp³-hybridized carbons (Fsp3) is 0.667. The molecule has 2 aliphatic rings. The highest BCUT2D eigenvalue weighted by molar-refractivity contribution is 6.71. The number of hydrogen-bond donors (Lipinski definition) is 0. The maximum atomic E-state index is 6.33. The van der Waals surface area contributed by atoms with Gasteiger partial charge in [0.25, 0.3) is 0 Å². The van der Waals surface area contributed by atoms with E-state index in [-0.39, 0.29) is 0 Å². The monoisotopic (exact) mass is 208 g/mol. The Balaban J connectivity index is 1.95. The van der Waals surface area contributed by atoms with E-state index < -0.39 is 8.32 Å². The van der Waals surface area contributed by atoms with Crippen LogP contribution < -0.4 is 0 Å². The molecule has 78 valence electrons. The summed E-state index contributed by atoms with van der Waals surface area (Å²) in [6, 6.07) is 1.07. The third kappa shape index (κ3) is 1.86. The Labute approximate surface area is 88.0 Å². The lowest BCUT2D eigenvalue weighted by atomic mass is 10.1. The van der Waals surface area contributed by atoms with Gasteiger partial charge in [-0.3, -0.25) is 0 Å². The molecule has 3 atom stereocenters. The highest BCUT2D eigenvalue weighted by atomic mass is 28.4. The quantitative estimate of drug-likeness (QED) is 0.508. The van der Waals surface area contributed by atoms with E-state index in [1.54, 1.807) is 0 Å². The zero-order valence-corrected chi connectivity index (χ0v) is 10.2. The van der Waals surface area contributed by atoms with Crippen molar-refractivity contribution in [3.05, 3.63) is 24.8 Å². The van der Waals surface area contributed by atoms with E-state index in [0.717, 1.165) is 17.9 Å². The van der Waals surface area contributed by atoms with Crippen LogP contribution in [0.3, 0.4) is 0 Å². The van der Waals surface area contributed by atoms with Gasteiger partial charge in [0.1, 0.15) is 0 Å². The minimum Gasteiger partial charge on any atom is -0.413 e. The molecule has 1 fully saturated rings. The predicted molar refractivity (Wildman–Crippen MR) is 62.7 cm³/mol. The van der Waals surface area contributed by atoms with Gasteiger partial charge in [0, 0.05) is 11.8 Å². The van der Waals surface area contributed by atoms with Gasteiger partial charge in [-0.2, -0.15) is 0 Å². The smallest absolute Gasteiger partial charge is 0.190 e. The van der Waals surface area contributed by atoms with Crippen molar-refractivity contribution < 1.29 is 4.43 Å². The van der Waals surface area contributed by atoms with Crippen molar-refractivity contribution in [1.29, 1.82) is 0 Å². The van der Waals surface area contributed by atoms with Crippen molar-refractivity contribution >= 4 is 8.32 Å². The summed E-state index contributed by atoms with van der Waals surface area (Å²) in [6.07, 6.45) is 9.91. The number of hydrogen-bond acceptors (Lipinski definition) is 1. The van der Waals surface area contributed by atoms with Crippen LogP contribution >= 0.6 is 0 Å². The Morgan fingerprint density at radius 3 is 2.36 bits per heavy atom. The van der Waals surface area contributed by atoms with Crippen LogP contribution in [0.15, 0.2) is 24.8 Å². The first-order valence-electron chi connectivity index (χ1n) is 5.59. The molecular formula is C12H20OSi. The summed E-state index contributed by atoms with van der Waals surface area (Å²) >= 11 is 0. The highest BCUT2D eigenvalue weighted by Gasteiger charge is 2.41. The second-order valence-corrected chi connectivity index (χ2v) is 9.29. The average molecular weight is 208 g/mol. The standard InChI is InChI=1S/C12H20OSi/c1-4-9-14(2,3)13-12-10-5-6-11(12)8-7-10/h4-6,10-12H,1,7-9H2,2-3H3/t10-,11+,12?. The van der Waals surface area contributed by atoms with Gasteiger partial charge in [-0.25, -0.2) is 0 Å². The van der Waals surface area contributed by atoms with Crippen LogP contribution in [0.1, 0.15) is 12.8 Å². The number of fused-ring (bicyclic) bond motifs is 2. The van der Waals surface area contributed by atoms with Gasteiger partial charge in [-0.15, -0.1) is 6.58 Å². The highest BCUT2D eigenvalue weighted by Crippen LogP contribution is 2.42. The first-order chi connectivity index (χ1) is 6.62. The molecule has 0 N–H and O–H groups in total. The Kier molecular flexibility index (Phi) is 2.67. The topological polar surface area (TPSA) is 9.23 Å². The van der Waals surface area contributed by atoms with E-state index in [9.17, 15) is 0 Å². The molecule has 0 radical (unpaired) electrons. The average Bonchev–Trinajstić information content (AvgIpc) is 2.64. The maximum absolute atomic E-state index is 6.33. The summed E-state index contributed by atoms with van der Waals surface area (Å²) in [5.74, 6) is 1.44. The molecule has 14 heavy (non-hydrogen) atoms. The molecule has 0 aromatic carbocycles. The molecule has 2 rings (SSSR count). The molecule has 0 aromatic heterocycles. The maximum Gasteiger partial charge on any atom is 0.190 e. The molecule has 2 aliphatic carbocycles. The Morgan fingerprint density at radius 1 is 1.36 bits per heavy atom. The van der Waals surface area contributed by atoms with Crippen LogP contribution in [0.5, 0.6) is 0 Å². The van der Waals surface area contributed by atoms with Gasteiger partial charge in [0.05, 0.1) is 6.10 Å². The molecule has 0 saturated heterocycles. The molecule has 2 bridgehead atoms. The Morgan fingerprint density at radius 2 is 1.93 bits per heavy atom. The fourth-order valence-corrected chi connectivity index (χ4v) is 4.54. The Bertz CT molecular complexity index is 243. The van der Waals surface area contributed by atoms with Crippen molar-refractivity contribution in [3.63, 3.8) is 0 Å². The molecular weight excluding hydrogens is 188 g/mol. The van der Waals surface area contributed by atoms with Crippen molar-refractivity contribution in [2.45, 2.75) is 38.1 Å². The zero-order chi connectivity index (χ0) is 10.2. The van der Waals surface area contributed by atoms with Crippen molar-refractivity contribution in [2.24, 2.45) is 11.8 Å². The summed E-state index contributed by atoms with van der Waals surface area (Å²) in [5.41, 5.74) is 0. The third-order valence-corrected chi connectivity index (χ3v) is 5.56. The second kappa shape index (κ2) is 3.67. The van der Waals surface area contributed by atoms with Crippen LogP contribution in [0.2, 0.25) is 19.1 Å². The molecule has 0 aromatic rings. The van der Waals surface area contributed by atoms with Gasteiger partial charge < -0.3 is 4.43 Å². The molecule has 2 heteroatoms. The van der Waals surface area contributed by atoms with Gasteiger partial charge in [-0.05, 0) is 32.0 Å². The van der Waals surface area contributed by atoms with Crippen LogP contribution in [-0.4, -0.2) is 14.4 Å². The Hall–Kier alpha value is -0.343. The first kappa shape index (κ1) is 10.2. The van der Waals surface area contributed by atoms with Crippen LogP contribution in [-0.2, 0) is 4.43 Å². The minimum absolute atomic E-state index is 0.511. The SMILES string of the molecule is C=CC[Si](C)(C)OC1[C@@H]2C=C[C@H]1CC2. The summed E-state index contributed by atoms with van der Waals surface area (Å²) in [7, 11) is -1.47. The molecule has 0 aliphatic heterocycles. The predicted octanol–water partition coefficient (Wildman–Crippen LogP) is 3.36. The number of rotatable bonds is 4. The van der Waals surface area contributed by atoms with Crippen LogP contribution in [0.25, 0.3) is 0 Å². The van der Waals surface area contributed by atoms with Gasteiger partial charge in [0.15, 0.2) is 8.32 Å². The zero-order valence-electron chi connectivity index (χ0n) is 9.20.